The maximum absolute atomic E-state index is 13.1. The van der Waals surface area contributed by atoms with E-state index in [-0.39, 0.29) is 11.8 Å². The normalized spacial score (nSPS) is 10.9. The quantitative estimate of drug-likeness (QED) is 0.207. The molecule has 0 atom stereocenters. The molecule has 3 aromatic carbocycles. The highest BCUT2D eigenvalue weighted by molar-refractivity contribution is 7.99. The minimum atomic E-state index is -0.372. The van der Waals surface area contributed by atoms with E-state index in [0.29, 0.717) is 44.6 Å². The summed E-state index contributed by atoms with van der Waals surface area (Å²) in [4.78, 5) is 30.2. The van der Waals surface area contributed by atoms with Crippen LogP contribution in [0.2, 0.25) is 5.02 Å². The lowest BCUT2D eigenvalue weighted by molar-refractivity contribution is 0.101. The van der Waals surface area contributed by atoms with Crippen LogP contribution < -0.4 is 10.6 Å². The van der Waals surface area contributed by atoms with Gasteiger partial charge in [0.25, 0.3) is 11.8 Å². The van der Waals surface area contributed by atoms with Gasteiger partial charge in [0, 0.05) is 26.4 Å². The van der Waals surface area contributed by atoms with Gasteiger partial charge in [0.15, 0.2) is 5.82 Å². The molecule has 0 bridgehead atoms. The molecular formula is C25H20ClN7O2S. The number of nitrogens with one attached hydrogen (secondary N) is 4. The van der Waals surface area contributed by atoms with Crippen LogP contribution in [-0.2, 0) is 0 Å². The molecule has 0 saturated carbocycles. The molecule has 0 saturated heterocycles. The molecule has 2 amide bonds. The molecule has 36 heavy (non-hydrogen) atoms. The molecule has 2 heterocycles. The Balaban J connectivity index is 1.38. The number of amides is 2. The average Bonchev–Trinajstić information content (AvgIpc) is 3.57. The van der Waals surface area contributed by atoms with Crippen LogP contribution in [0.4, 0.5) is 11.4 Å². The van der Waals surface area contributed by atoms with Crippen LogP contribution in [-0.4, -0.2) is 43.2 Å². The van der Waals surface area contributed by atoms with Crippen molar-refractivity contribution in [3.05, 3.63) is 83.0 Å². The van der Waals surface area contributed by atoms with Gasteiger partial charge in [0.05, 0.1) is 16.9 Å². The first-order chi connectivity index (χ1) is 17.5. The second kappa shape index (κ2) is 10.2. The van der Waals surface area contributed by atoms with Crippen molar-refractivity contribution in [2.24, 2.45) is 0 Å². The number of tetrazole rings is 1. The van der Waals surface area contributed by atoms with Gasteiger partial charge >= 0.3 is 0 Å². The summed E-state index contributed by atoms with van der Waals surface area (Å²) in [6.45, 7) is 2.08. The van der Waals surface area contributed by atoms with E-state index in [1.807, 2.05) is 24.3 Å². The molecule has 5 rings (SSSR count). The molecule has 0 radical (unpaired) electrons. The Morgan fingerprint density at radius 1 is 0.972 bits per heavy atom. The number of H-pyrrole nitrogens is 2. The van der Waals surface area contributed by atoms with Crippen molar-refractivity contribution in [2.75, 3.05) is 16.4 Å². The molecule has 2 aromatic heterocycles. The van der Waals surface area contributed by atoms with Crippen molar-refractivity contribution in [1.82, 2.24) is 25.6 Å². The zero-order valence-electron chi connectivity index (χ0n) is 19.0. The standard InChI is InChI=1S/C25H20ClN7O2S/c1-2-36-17-9-6-14(7-10-17)24(34)29-20-5-3-4-15-12-21(27-22(15)20)25(35)28-19-11-8-16(26)13-18(19)23-30-32-33-31-23/h3-13,27H,2H2,1H3,(H,28,35)(H,29,34)(H,30,31,32,33). The number of carbonyl (C=O) groups excluding carboxylic acids is 2. The van der Waals surface area contributed by atoms with E-state index < -0.39 is 0 Å². The third-order valence-corrected chi connectivity index (χ3v) is 6.54. The zero-order chi connectivity index (χ0) is 25.1. The van der Waals surface area contributed by atoms with Gasteiger partial charge in [-0.2, -0.15) is 0 Å². The van der Waals surface area contributed by atoms with E-state index in [2.05, 4.69) is 43.2 Å². The van der Waals surface area contributed by atoms with Gasteiger partial charge in [-0.1, -0.05) is 30.7 Å². The fourth-order valence-electron chi connectivity index (χ4n) is 3.73. The van der Waals surface area contributed by atoms with Gasteiger partial charge in [0.1, 0.15) is 5.69 Å². The first-order valence-electron chi connectivity index (χ1n) is 11.0. The van der Waals surface area contributed by atoms with Crippen LogP contribution in [0.1, 0.15) is 27.8 Å². The highest BCUT2D eigenvalue weighted by Crippen LogP contribution is 2.29. The molecule has 11 heteroatoms. The average molecular weight is 518 g/mol. The number of hydrogen-bond acceptors (Lipinski definition) is 6. The molecule has 0 fully saturated rings. The third-order valence-electron chi connectivity index (χ3n) is 5.41. The summed E-state index contributed by atoms with van der Waals surface area (Å²) >= 11 is 7.84. The minimum Gasteiger partial charge on any atom is -0.349 e. The van der Waals surface area contributed by atoms with Crippen molar-refractivity contribution >= 4 is 57.5 Å². The highest BCUT2D eigenvalue weighted by Gasteiger charge is 2.17. The number of fused-ring (bicyclic) bond motifs is 1. The fraction of sp³-hybridized carbons (Fsp3) is 0.0800. The maximum Gasteiger partial charge on any atom is 0.272 e. The summed E-state index contributed by atoms with van der Waals surface area (Å²) in [7, 11) is 0. The first kappa shape index (κ1) is 23.6. The smallest absolute Gasteiger partial charge is 0.272 e. The van der Waals surface area contributed by atoms with Gasteiger partial charge in [-0.15, -0.1) is 16.9 Å². The lowest BCUT2D eigenvalue weighted by Crippen LogP contribution is -2.13. The van der Waals surface area contributed by atoms with Crippen molar-refractivity contribution in [3.8, 4) is 11.4 Å². The Hall–Kier alpha value is -4.15. The van der Waals surface area contributed by atoms with Gasteiger partial charge in [-0.3, -0.25) is 9.59 Å². The summed E-state index contributed by atoms with van der Waals surface area (Å²) in [6.07, 6.45) is 0. The molecule has 5 aromatic rings. The molecule has 9 nitrogen and oxygen atoms in total. The highest BCUT2D eigenvalue weighted by atomic mass is 35.5. The van der Waals surface area contributed by atoms with E-state index >= 15 is 0 Å². The number of para-hydroxylation sites is 1. The topological polar surface area (TPSA) is 128 Å². The van der Waals surface area contributed by atoms with Crippen molar-refractivity contribution in [3.63, 3.8) is 0 Å². The third kappa shape index (κ3) is 4.95. The Labute approximate surface area is 215 Å². The van der Waals surface area contributed by atoms with Crippen molar-refractivity contribution in [1.29, 1.82) is 0 Å². The van der Waals surface area contributed by atoms with E-state index in [9.17, 15) is 9.59 Å². The second-order valence-corrected chi connectivity index (χ2v) is 9.53. The van der Waals surface area contributed by atoms with Crippen LogP contribution in [0.3, 0.4) is 0 Å². The number of benzene rings is 3. The molecule has 180 valence electrons. The summed E-state index contributed by atoms with van der Waals surface area (Å²) in [5.74, 6) is 0.731. The predicted molar refractivity (Wildman–Crippen MR) is 142 cm³/mol. The number of aromatic nitrogens is 5. The summed E-state index contributed by atoms with van der Waals surface area (Å²) in [5, 5.41) is 20.8. The molecule has 0 aliphatic rings. The number of carbonyl (C=O) groups is 2. The van der Waals surface area contributed by atoms with E-state index in [1.165, 1.54) is 0 Å². The summed E-state index contributed by atoms with van der Waals surface area (Å²) in [6, 6.07) is 19.7. The van der Waals surface area contributed by atoms with Crippen molar-refractivity contribution in [2.45, 2.75) is 11.8 Å². The Morgan fingerprint density at radius 2 is 1.78 bits per heavy atom. The number of thioether (sulfide) groups is 1. The monoisotopic (exact) mass is 517 g/mol. The lowest BCUT2D eigenvalue weighted by atomic mass is 10.1. The number of hydrogen-bond donors (Lipinski definition) is 4. The van der Waals surface area contributed by atoms with Crippen LogP contribution in [0, 0.1) is 0 Å². The first-order valence-corrected chi connectivity index (χ1v) is 12.4. The second-order valence-electron chi connectivity index (χ2n) is 7.76. The largest absolute Gasteiger partial charge is 0.349 e. The van der Waals surface area contributed by atoms with E-state index in [4.69, 9.17) is 11.6 Å². The molecule has 0 unspecified atom stereocenters. The molecule has 0 aliphatic carbocycles. The molecule has 4 N–H and O–H groups in total. The Bertz CT molecular complexity index is 1550. The molecule has 0 aliphatic heterocycles. The van der Waals surface area contributed by atoms with E-state index in [1.54, 1.807) is 54.2 Å². The zero-order valence-corrected chi connectivity index (χ0v) is 20.6. The maximum atomic E-state index is 13.1. The number of halogens is 1. The molecule has 0 spiro atoms. The van der Waals surface area contributed by atoms with Crippen LogP contribution in [0.25, 0.3) is 22.3 Å². The van der Waals surface area contributed by atoms with Crippen LogP contribution >= 0.6 is 23.4 Å². The minimum absolute atomic E-state index is 0.234. The van der Waals surface area contributed by atoms with Gasteiger partial charge in [-0.25, -0.2) is 5.10 Å². The lowest BCUT2D eigenvalue weighted by Gasteiger charge is -2.09. The number of aromatic amines is 2. The van der Waals surface area contributed by atoms with Crippen molar-refractivity contribution < 1.29 is 9.59 Å². The van der Waals surface area contributed by atoms with Gasteiger partial charge < -0.3 is 15.6 Å². The molecular weight excluding hydrogens is 498 g/mol. The Kier molecular flexibility index (Phi) is 6.70. The van der Waals surface area contributed by atoms with Crippen LogP contribution in [0.15, 0.2) is 71.6 Å². The van der Waals surface area contributed by atoms with Gasteiger partial charge in [-0.05, 0) is 70.8 Å². The fourth-order valence-corrected chi connectivity index (χ4v) is 4.56. The number of nitrogens with zero attached hydrogens (tertiary/aromatic N) is 3. The Morgan fingerprint density at radius 3 is 2.53 bits per heavy atom. The summed E-state index contributed by atoms with van der Waals surface area (Å²) in [5.41, 5.74) is 3.12. The van der Waals surface area contributed by atoms with Crippen LogP contribution in [0.5, 0.6) is 0 Å². The SMILES string of the molecule is CCSc1ccc(C(=O)Nc2cccc3cc(C(=O)Nc4ccc(Cl)cc4-c4nnn[nH]4)[nH]c23)cc1. The van der Waals surface area contributed by atoms with Gasteiger partial charge in [0.2, 0.25) is 0 Å². The predicted octanol–water partition coefficient (Wildman–Crippen LogP) is 5.62. The summed E-state index contributed by atoms with van der Waals surface area (Å²) < 4.78 is 0. The number of anilines is 2. The van der Waals surface area contributed by atoms with E-state index in [0.717, 1.165) is 16.0 Å². The number of rotatable bonds is 7.